The maximum Gasteiger partial charge on any atom is 0.114 e. The number of hydrogen-bond acceptors (Lipinski definition) is 2. The Bertz CT molecular complexity index is 209. The molecule has 2 nitrogen and oxygen atoms in total. The second-order valence-electron chi connectivity index (χ2n) is 2.62. The highest BCUT2D eigenvalue weighted by Crippen LogP contribution is 2.48. The van der Waals surface area contributed by atoms with E-state index in [1.807, 2.05) is 0 Å². The minimum absolute atomic E-state index is 0.437. The van der Waals surface area contributed by atoms with Gasteiger partial charge >= 0.3 is 0 Å². The molecule has 0 aromatic carbocycles. The van der Waals surface area contributed by atoms with Gasteiger partial charge in [0.2, 0.25) is 0 Å². The van der Waals surface area contributed by atoms with Gasteiger partial charge in [-0.15, -0.1) is 19.7 Å². The minimum atomic E-state index is -2.39. The van der Waals surface area contributed by atoms with Crippen molar-refractivity contribution in [2.75, 3.05) is 12.3 Å². The molecule has 0 aromatic rings. The van der Waals surface area contributed by atoms with Gasteiger partial charge in [0.15, 0.2) is 0 Å². The zero-order chi connectivity index (χ0) is 9.61. The van der Waals surface area contributed by atoms with Gasteiger partial charge in [-0.25, -0.2) is 0 Å². The Balaban J connectivity index is 4.58. The van der Waals surface area contributed by atoms with Crippen molar-refractivity contribution < 1.29 is 4.57 Å². The molecule has 0 radical (unpaired) electrons. The molecule has 12 heavy (non-hydrogen) atoms. The van der Waals surface area contributed by atoms with E-state index >= 15 is 0 Å². The monoisotopic (exact) mass is 185 g/mol. The maximum absolute atomic E-state index is 12.0. The van der Waals surface area contributed by atoms with Crippen LogP contribution in [0.2, 0.25) is 0 Å². The summed E-state index contributed by atoms with van der Waals surface area (Å²) in [6.07, 6.45) is 5.69. The second-order valence-corrected chi connectivity index (χ2v) is 5.85. The van der Waals surface area contributed by atoms with Gasteiger partial charge in [-0.1, -0.05) is 18.2 Å². The molecule has 1 unspecified atom stereocenters. The number of rotatable bonds is 6. The van der Waals surface area contributed by atoms with E-state index in [-0.39, 0.29) is 0 Å². The van der Waals surface area contributed by atoms with Gasteiger partial charge < -0.3 is 10.3 Å². The van der Waals surface area contributed by atoms with Gasteiger partial charge in [0, 0.05) is 12.3 Å². The predicted octanol–water partition coefficient (Wildman–Crippen LogP) is 2.19. The summed E-state index contributed by atoms with van der Waals surface area (Å²) >= 11 is 0. The van der Waals surface area contributed by atoms with Crippen molar-refractivity contribution in [2.24, 2.45) is 5.73 Å². The zero-order valence-corrected chi connectivity index (χ0v) is 8.17. The molecular formula is C9H16NOP. The molecule has 0 rings (SSSR count). The number of hydrogen-bond donors (Lipinski definition) is 1. The van der Waals surface area contributed by atoms with Crippen molar-refractivity contribution in [2.45, 2.75) is 5.78 Å². The van der Waals surface area contributed by atoms with Crippen molar-refractivity contribution in [3.63, 3.8) is 0 Å². The molecule has 0 aliphatic heterocycles. The van der Waals surface area contributed by atoms with E-state index in [1.54, 1.807) is 12.2 Å². The van der Waals surface area contributed by atoms with Crippen LogP contribution in [0.3, 0.4) is 0 Å². The highest BCUT2D eigenvalue weighted by Gasteiger charge is 2.24. The number of allylic oxidation sites excluding steroid dienone is 2. The van der Waals surface area contributed by atoms with Gasteiger partial charge in [0.1, 0.15) is 7.14 Å². The summed E-state index contributed by atoms with van der Waals surface area (Å²) < 4.78 is 12.0. The van der Waals surface area contributed by atoms with E-state index in [0.29, 0.717) is 12.3 Å². The smallest absolute Gasteiger partial charge is 0.114 e. The Morgan fingerprint density at radius 3 is 1.92 bits per heavy atom. The molecule has 0 fully saturated rings. The SMILES string of the molecule is C=CCP(=O)(CC=C)C(N)C=C. The summed E-state index contributed by atoms with van der Waals surface area (Å²) in [7, 11) is -2.39. The van der Waals surface area contributed by atoms with E-state index in [9.17, 15) is 4.57 Å². The van der Waals surface area contributed by atoms with E-state index in [1.165, 1.54) is 6.08 Å². The first kappa shape index (κ1) is 11.4. The summed E-state index contributed by atoms with van der Waals surface area (Å²) in [6, 6.07) is 0. The molecule has 0 saturated heterocycles. The Morgan fingerprint density at radius 1 is 1.25 bits per heavy atom. The second kappa shape index (κ2) is 5.13. The first-order valence-electron chi connectivity index (χ1n) is 3.78. The third-order valence-electron chi connectivity index (χ3n) is 1.66. The van der Waals surface area contributed by atoms with Crippen LogP contribution in [0.15, 0.2) is 38.0 Å². The summed E-state index contributed by atoms with van der Waals surface area (Å²) in [6.45, 7) is 10.6. The lowest BCUT2D eigenvalue weighted by molar-refractivity contribution is 0.574. The van der Waals surface area contributed by atoms with Gasteiger partial charge in [-0.2, -0.15) is 0 Å². The van der Waals surface area contributed by atoms with Crippen molar-refractivity contribution in [3.8, 4) is 0 Å². The molecule has 0 spiro atoms. The Hall–Kier alpha value is -0.590. The van der Waals surface area contributed by atoms with Gasteiger partial charge in [0.05, 0.1) is 5.78 Å². The van der Waals surface area contributed by atoms with E-state index in [2.05, 4.69) is 19.7 Å². The fraction of sp³-hybridized carbons (Fsp3) is 0.333. The molecule has 3 heteroatoms. The van der Waals surface area contributed by atoms with E-state index < -0.39 is 12.9 Å². The molecule has 68 valence electrons. The fourth-order valence-electron chi connectivity index (χ4n) is 0.947. The van der Waals surface area contributed by atoms with Crippen LogP contribution in [0.4, 0.5) is 0 Å². The largest absolute Gasteiger partial charge is 0.321 e. The zero-order valence-electron chi connectivity index (χ0n) is 7.28. The molecular weight excluding hydrogens is 169 g/mol. The molecule has 0 heterocycles. The third kappa shape index (κ3) is 2.80. The minimum Gasteiger partial charge on any atom is -0.321 e. The summed E-state index contributed by atoms with van der Waals surface area (Å²) in [5.41, 5.74) is 5.65. The summed E-state index contributed by atoms with van der Waals surface area (Å²) in [5, 5.41) is 0. The highest BCUT2D eigenvalue weighted by atomic mass is 31.2. The average molecular weight is 185 g/mol. The van der Waals surface area contributed by atoms with Crippen molar-refractivity contribution in [3.05, 3.63) is 38.0 Å². The number of nitrogens with two attached hydrogens (primary N) is 1. The molecule has 0 saturated carbocycles. The van der Waals surface area contributed by atoms with Crippen LogP contribution in [0.5, 0.6) is 0 Å². The molecule has 0 bridgehead atoms. The first-order valence-corrected chi connectivity index (χ1v) is 5.93. The highest BCUT2D eigenvalue weighted by molar-refractivity contribution is 7.65. The molecule has 0 amide bonds. The van der Waals surface area contributed by atoms with Gasteiger partial charge in [-0.3, -0.25) is 0 Å². The molecule has 2 N–H and O–H groups in total. The van der Waals surface area contributed by atoms with Crippen LogP contribution < -0.4 is 5.73 Å². The molecule has 1 atom stereocenters. The Labute approximate surface area is 74.2 Å². The molecule has 0 aromatic heterocycles. The lowest BCUT2D eigenvalue weighted by Crippen LogP contribution is -2.19. The van der Waals surface area contributed by atoms with Crippen molar-refractivity contribution in [1.29, 1.82) is 0 Å². The lowest BCUT2D eigenvalue weighted by atomic mass is 10.6. The lowest BCUT2D eigenvalue weighted by Gasteiger charge is -2.19. The van der Waals surface area contributed by atoms with Crippen LogP contribution in [0.25, 0.3) is 0 Å². The van der Waals surface area contributed by atoms with E-state index in [4.69, 9.17) is 5.73 Å². The first-order chi connectivity index (χ1) is 5.60. The van der Waals surface area contributed by atoms with Crippen LogP contribution in [0, 0.1) is 0 Å². The summed E-state index contributed by atoms with van der Waals surface area (Å²) in [4.78, 5) is 0. The standard InChI is InChI=1S/C9H16NOP/c1-4-7-12(11,8-5-2)9(10)6-3/h4-6,9H,1-3,7-8,10H2. The van der Waals surface area contributed by atoms with Crippen molar-refractivity contribution in [1.82, 2.24) is 0 Å². The van der Waals surface area contributed by atoms with Crippen molar-refractivity contribution >= 4 is 7.14 Å². The quantitative estimate of drug-likeness (QED) is 0.509. The molecule has 0 aliphatic carbocycles. The van der Waals surface area contributed by atoms with Gasteiger partial charge in [0.25, 0.3) is 0 Å². The van der Waals surface area contributed by atoms with Crippen LogP contribution in [0.1, 0.15) is 0 Å². The van der Waals surface area contributed by atoms with E-state index in [0.717, 1.165) is 0 Å². The average Bonchev–Trinajstić information content (AvgIpc) is 2.04. The normalized spacial score (nSPS) is 13.4. The third-order valence-corrected chi connectivity index (χ3v) is 4.71. The van der Waals surface area contributed by atoms with Gasteiger partial charge in [-0.05, 0) is 0 Å². The van der Waals surface area contributed by atoms with Crippen LogP contribution >= 0.6 is 7.14 Å². The maximum atomic E-state index is 12.0. The fourth-order valence-corrected chi connectivity index (χ4v) is 2.84. The van der Waals surface area contributed by atoms with Crippen LogP contribution in [-0.2, 0) is 4.57 Å². The van der Waals surface area contributed by atoms with Crippen LogP contribution in [-0.4, -0.2) is 18.1 Å². The topological polar surface area (TPSA) is 43.1 Å². The predicted molar refractivity (Wildman–Crippen MR) is 55.9 cm³/mol. The molecule has 0 aliphatic rings. The Morgan fingerprint density at radius 2 is 1.67 bits per heavy atom. The summed E-state index contributed by atoms with van der Waals surface area (Å²) in [5.74, 6) is -0.437. The Kier molecular flexibility index (Phi) is 4.87.